The van der Waals surface area contributed by atoms with E-state index in [1.54, 1.807) is 31.2 Å². The van der Waals surface area contributed by atoms with E-state index < -0.39 is 23.3 Å². The van der Waals surface area contributed by atoms with Crippen LogP contribution in [0.4, 0.5) is 22.7 Å². The molecule has 0 aliphatic carbocycles. The number of aryl methyl sites for hydroxylation is 1. The van der Waals surface area contributed by atoms with Gasteiger partial charge in [0.15, 0.2) is 10.9 Å². The van der Waals surface area contributed by atoms with E-state index in [9.17, 15) is 22.4 Å². The zero-order valence-electron chi connectivity index (χ0n) is 17.1. The molecule has 33 heavy (non-hydrogen) atoms. The first-order valence-electron chi connectivity index (χ1n) is 9.69. The number of carbonyl (C=O) groups is 1. The molecule has 2 aromatic carbocycles. The van der Waals surface area contributed by atoms with Crippen LogP contribution in [-0.2, 0) is 6.18 Å². The number of aromatic nitrogens is 2. The van der Waals surface area contributed by atoms with Crippen LogP contribution in [0.25, 0.3) is 21.8 Å². The standard InChI is InChI=1S/C24H15F4N3OS/c1-14-6-4-11-19(30-14)21-22(15-7-5-8-16(12-15)24(26,27)28)33-23(31-21)29-13-20(32)17-9-2-3-10-18(17)25/h4-12H,13H2,1H3,(H,29,31). The molecule has 0 atom stereocenters. The highest BCUT2D eigenvalue weighted by molar-refractivity contribution is 7.19. The Kier molecular flexibility index (Phi) is 6.11. The first-order chi connectivity index (χ1) is 15.7. The van der Waals surface area contributed by atoms with E-state index in [-0.39, 0.29) is 12.1 Å². The van der Waals surface area contributed by atoms with Crippen molar-refractivity contribution in [3.63, 3.8) is 0 Å². The van der Waals surface area contributed by atoms with Crippen molar-refractivity contribution in [2.24, 2.45) is 0 Å². The largest absolute Gasteiger partial charge is 0.416 e. The summed E-state index contributed by atoms with van der Waals surface area (Å²) in [6.45, 7) is 1.53. The van der Waals surface area contributed by atoms with Gasteiger partial charge in [-0.25, -0.2) is 9.37 Å². The lowest BCUT2D eigenvalue weighted by molar-refractivity contribution is -0.137. The summed E-state index contributed by atoms with van der Waals surface area (Å²) in [4.78, 5) is 21.8. The molecule has 0 bridgehead atoms. The van der Waals surface area contributed by atoms with Gasteiger partial charge in [-0.05, 0) is 36.8 Å². The SMILES string of the molecule is Cc1cccc(-c2nc(NCC(=O)c3cc#ccc3F)sc2-c2cccc(C(F)(F)F)c2)n1. The van der Waals surface area contributed by atoms with E-state index in [1.807, 2.05) is 0 Å². The molecule has 9 heteroatoms. The van der Waals surface area contributed by atoms with Crippen molar-refractivity contribution in [3.05, 3.63) is 89.4 Å². The van der Waals surface area contributed by atoms with Gasteiger partial charge in [0.2, 0.25) is 0 Å². The molecular weight excluding hydrogens is 454 g/mol. The third kappa shape index (κ3) is 5.02. The van der Waals surface area contributed by atoms with Crippen LogP contribution >= 0.6 is 11.3 Å². The molecule has 1 N–H and O–H groups in total. The van der Waals surface area contributed by atoms with Crippen LogP contribution in [-0.4, -0.2) is 22.3 Å². The lowest BCUT2D eigenvalue weighted by Crippen LogP contribution is -2.15. The van der Waals surface area contributed by atoms with Gasteiger partial charge in [0.05, 0.1) is 28.2 Å². The summed E-state index contributed by atoms with van der Waals surface area (Å²) in [6, 6.07) is 17.4. The Morgan fingerprint density at radius 3 is 2.58 bits per heavy atom. The lowest BCUT2D eigenvalue weighted by atomic mass is 10.1. The predicted octanol–water partition coefficient (Wildman–Crippen LogP) is 6.23. The molecule has 4 nitrogen and oxygen atoms in total. The van der Waals surface area contributed by atoms with Gasteiger partial charge in [-0.3, -0.25) is 9.78 Å². The number of carbonyl (C=O) groups excluding carboxylic acids is 1. The number of halogens is 4. The lowest BCUT2D eigenvalue weighted by Gasteiger charge is -2.08. The van der Waals surface area contributed by atoms with Crippen molar-refractivity contribution in [2.75, 3.05) is 11.9 Å². The number of Topliss-reactive ketones (excluding diaryl/α,β-unsaturated/α-hetero) is 1. The quantitative estimate of drug-likeness (QED) is 0.269. The first kappa shape index (κ1) is 22.4. The van der Waals surface area contributed by atoms with E-state index in [0.29, 0.717) is 32.7 Å². The summed E-state index contributed by atoms with van der Waals surface area (Å²) in [5, 5.41) is 3.14. The second kappa shape index (κ2) is 9.00. The van der Waals surface area contributed by atoms with E-state index in [1.165, 1.54) is 12.1 Å². The Morgan fingerprint density at radius 2 is 1.85 bits per heavy atom. The summed E-state index contributed by atoms with van der Waals surface area (Å²) in [7, 11) is 0. The third-order valence-electron chi connectivity index (χ3n) is 4.67. The van der Waals surface area contributed by atoms with Gasteiger partial charge < -0.3 is 5.32 Å². The second-order valence-corrected chi connectivity index (χ2v) is 8.05. The van der Waals surface area contributed by atoms with Crippen molar-refractivity contribution in [1.82, 2.24) is 9.97 Å². The minimum atomic E-state index is -4.50. The molecule has 0 amide bonds. The van der Waals surface area contributed by atoms with E-state index in [2.05, 4.69) is 27.4 Å². The molecule has 0 fully saturated rings. The summed E-state index contributed by atoms with van der Waals surface area (Å²) < 4.78 is 53.6. The van der Waals surface area contributed by atoms with E-state index in [4.69, 9.17) is 0 Å². The molecule has 0 saturated carbocycles. The number of nitrogens with one attached hydrogen (secondary N) is 1. The maximum Gasteiger partial charge on any atom is 0.416 e. The second-order valence-electron chi connectivity index (χ2n) is 7.06. The average molecular weight is 469 g/mol. The van der Waals surface area contributed by atoms with E-state index >= 15 is 0 Å². The van der Waals surface area contributed by atoms with Crippen molar-refractivity contribution >= 4 is 22.3 Å². The predicted molar refractivity (Wildman–Crippen MR) is 117 cm³/mol. The Bertz CT molecular complexity index is 1320. The number of hydrogen-bond acceptors (Lipinski definition) is 5. The number of ketones is 1. The fourth-order valence-corrected chi connectivity index (χ4v) is 4.07. The third-order valence-corrected chi connectivity index (χ3v) is 5.73. The molecule has 0 aliphatic rings. The van der Waals surface area contributed by atoms with Crippen LogP contribution in [0.15, 0.2) is 54.6 Å². The van der Waals surface area contributed by atoms with Crippen molar-refractivity contribution in [3.8, 4) is 21.8 Å². The molecule has 2 heterocycles. The summed E-state index contributed by atoms with van der Waals surface area (Å²) in [6.07, 6.45) is -4.50. The molecule has 0 spiro atoms. The summed E-state index contributed by atoms with van der Waals surface area (Å²) >= 11 is 1.08. The highest BCUT2D eigenvalue weighted by Gasteiger charge is 2.31. The number of nitrogens with zero attached hydrogens (tertiary/aromatic N) is 2. The zero-order chi connectivity index (χ0) is 23.6. The minimum absolute atomic E-state index is 0.142. The number of anilines is 1. The van der Waals surface area contributed by atoms with Gasteiger partial charge in [-0.1, -0.05) is 41.7 Å². The van der Waals surface area contributed by atoms with Crippen molar-refractivity contribution < 1.29 is 22.4 Å². The zero-order valence-corrected chi connectivity index (χ0v) is 17.9. The van der Waals surface area contributed by atoms with Gasteiger partial charge in [-0.2, -0.15) is 13.2 Å². The van der Waals surface area contributed by atoms with Crippen LogP contribution in [0.3, 0.4) is 0 Å². The number of pyridine rings is 1. The van der Waals surface area contributed by atoms with Crippen molar-refractivity contribution in [1.29, 1.82) is 0 Å². The van der Waals surface area contributed by atoms with Crippen LogP contribution < -0.4 is 5.32 Å². The Morgan fingerprint density at radius 1 is 1.09 bits per heavy atom. The highest BCUT2D eigenvalue weighted by atomic mass is 32.1. The van der Waals surface area contributed by atoms with Gasteiger partial charge in [0.1, 0.15) is 11.5 Å². The normalized spacial score (nSPS) is 11.2. The van der Waals surface area contributed by atoms with Crippen LogP contribution in [0.5, 0.6) is 0 Å². The molecular formula is C24H15F4N3OS. The highest BCUT2D eigenvalue weighted by Crippen LogP contribution is 2.40. The van der Waals surface area contributed by atoms with E-state index in [0.717, 1.165) is 29.5 Å². The van der Waals surface area contributed by atoms with Crippen molar-refractivity contribution in [2.45, 2.75) is 13.1 Å². The fourth-order valence-electron chi connectivity index (χ4n) is 3.11. The smallest absolute Gasteiger partial charge is 0.354 e. The number of hydrogen-bond donors (Lipinski definition) is 1. The maximum absolute atomic E-state index is 13.8. The molecule has 166 valence electrons. The molecule has 0 radical (unpaired) electrons. The monoisotopic (exact) mass is 469 g/mol. The Hall–Kier alpha value is -3.77. The molecule has 4 rings (SSSR count). The topological polar surface area (TPSA) is 54.9 Å². The van der Waals surface area contributed by atoms with Gasteiger partial charge in [-0.15, -0.1) is 0 Å². The average Bonchev–Trinajstić information content (AvgIpc) is 3.22. The number of benzene rings is 1. The van der Waals surface area contributed by atoms with Crippen LogP contribution in [0.1, 0.15) is 21.6 Å². The molecule has 4 aromatic rings. The fraction of sp³-hybridized carbons (Fsp3) is 0.125. The van der Waals surface area contributed by atoms with Gasteiger partial charge in [0, 0.05) is 17.8 Å². The van der Waals surface area contributed by atoms with Gasteiger partial charge in [0.25, 0.3) is 0 Å². The maximum atomic E-state index is 13.8. The van der Waals surface area contributed by atoms with Gasteiger partial charge >= 0.3 is 6.18 Å². The Balaban J connectivity index is 1.70. The van der Waals surface area contributed by atoms with Crippen LogP contribution in [0.2, 0.25) is 0 Å². The Labute approximate surface area is 191 Å². The number of rotatable bonds is 6. The summed E-state index contributed by atoms with van der Waals surface area (Å²) in [5.74, 6) is -1.24. The molecule has 0 saturated heterocycles. The molecule has 0 aliphatic heterocycles. The molecule has 0 unspecified atom stereocenters. The number of thiazole rings is 1. The summed E-state index contributed by atoms with van der Waals surface area (Å²) in [5.41, 5.74) is 0.974. The van der Waals surface area contributed by atoms with Crippen LogP contribution in [0, 0.1) is 24.9 Å². The molecule has 2 aromatic heterocycles. The minimum Gasteiger partial charge on any atom is -0.354 e. The first-order valence-corrected chi connectivity index (χ1v) is 10.5. The number of alkyl halides is 3.